The highest BCUT2D eigenvalue weighted by atomic mass is 35.5. The second kappa shape index (κ2) is 7.47. The van der Waals surface area contributed by atoms with Gasteiger partial charge in [0.05, 0.1) is 29.0 Å². The number of hydrogen-bond acceptors (Lipinski definition) is 4. The van der Waals surface area contributed by atoms with Gasteiger partial charge in [-0.3, -0.25) is 9.78 Å². The molecule has 0 bridgehead atoms. The number of benzene rings is 1. The van der Waals surface area contributed by atoms with Crippen LogP contribution in [0.5, 0.6) is 0 Å². The number of halogens is 1. The van der Waals surface area contributed by atoms with Crippen molar-refractivity contribution in [2.24, 2.45) is 0 Å². The monoisotopic (exact) mass is 393 g/mol. The second-order valence-corrected chi connectivity index (χ2v) is 7.54. The molecule has 0 aliphatic heterocycles. The topological polar surface area (TPSA) is 54.9 Å². The molecule has 3 heterocycles. The minimum absolute atomic E-state index is 0.144. The number of pyridine rings is 2. The summed E-state index contributed by atoms with van der Waals surface area (Å²) in [6.45, 7) is 2.40. The molecular formula is C21H16ClN3OS. The minimum atomic E-state index is -0.144. The van der Waals surface area contributed by atoms with E-state index in [9.17, 15) is 4.79 Å². The standard InChI is InChI=1S/C21H16ClN3OS/c1-13-17(22)8-7-15-16(21(26)24-12-14-5-4-10-27-14)11-19(25-20(13)15)18-6-2-3-9-23-18/h2-11H,12H2,1H3,(H,24,26). The molecule has 0 unspecified atom stereocenters. The van der Waals surface area contributed by atoms with E-state index in [1.165, 1.54) is 0 Å². The number of rotatable bonds is 4. The van der Waals surface area contributed by atoms with E-state index < -0.39 is 0 Å². The van der Waals surface area contributed by atoms with Gasteiger partial charge in [-0.05, 0) is 48.2 Å². The van der Waals surface area contributed by atoms with E-state index in [0.29, 0.717) is 34.0 Å². The molecular weight excluding hydrogens is 378 g/mol. The van der Waals surface area contributed by atoms with Gasteiger partial charge in [0.25, 0.3) is 5.91 Å². The van der Waals surface area contributed by atoms with Gasteiger partial charge in [0.15, 0.2) is 0 Å². The van der Waals surface area contributed by atoms with Crippen LogP contribution in [0.25, 0.3) is 22.3 Å². The molecule has 0 fully saturated rings. The Morgan fingerprint density at radius 2 is 2.04 bits per heavy atom. The van der Waals surface area contributed by atoms with Crippen molar-refractivity contribution in [3.63, 3.8) is 0 Å². The van der Waals surface area contributed by atoms with Crippen molar-refractivity contribution < 1.29 is 4.79 Å². The number of aromatic nitrogens is 2. The average molecular weight is 394 g/mol. The van der Waals surface area contributed by atoms with Gasteiger partial charge in [-0.25, -0.2) is 4.98 Å². The molecule has 27 heavy (non-hydrogen) atoms. The van der Waals surface area contributed by atoms with E-state index >= 15 is 0 Å². The van der Waals surface area contributed by atoms with Crippen LogP contribution in [0.1, 0.15) is 20.8 Å². The Labute approximate surface area is 165 Å². The molecule has 1 amide bonds. The molecule has 4 aromatic rings. The van der Waals surface area contributed by atoms with Crippen LogP contribution in [-0.4, -0.2) is 15.9 Å². The van der Waals surface area contributed by atoms with Crippen LogP contribution in [0.2, 0.25) is 5.02 Å². The summed E-state index contributed by atoms with van der Waals surface area (Å²) in [4.78, 5) is 23.2. The number of carbonyl (C=O) groups excluding carboxylic acids is 1. The maximum Gasteiger partial charge on any atom is 0.252 e. The fraction of sp³-hybridized carbons (Fsp3) is 0.0952. The Bertz CT molecular complexity index is 1110. The molecule has 0 saturated heterocycles. The lowest BCUT2D eigenvalue weighted by Gasteiger charge is -2.12. The largest absolute Gasteiger partial charge is 0.347 e. The van der Waals surface area contributed by atoms with Crippen molar-refractivity contribution in [1.29, 1.82) is 0 Å². The van der Waals surface area contributed by atoms with E-state index in [1.54, 1.807) is 29.7 Å². The van der Waals surface area contributed by atoms with Gasteiger partial charge in [-0.1, -0.05) is 29.8 Å². The molecule has 0 aliphatic carbocycles. The Morgan fingerprint density at radius 3 is 2.78 bits per heavy atom. The fourth-order valence-electron chi connectivity index (χ4n) is 2.91. The first-order chi connectivity index (χ1) is 13.1. The molecule has 0 spiro atoms. The lowest BCUT2D eigenvalue weighted by atomic mass is 10.0. The molecule has 1 aromatic carbocycles. The summed E-state index contributed by atoms with van der Waals surface area (Å²) in [5.41, 5.74) is 3.49. The molecule has 0 radical (unpaired) electrons. The number of thiophene rings is 1. The molecule has 4 nitrogen and oxygen atoms in total. The van der Waals surface area contributed by atoms with Crippen LogP contribution in [0, 0.1) is 6.92 Å². The SMILES string of the molecule is Cc1c(Cl)ccc2c(C(=O)NCc3cccs3)cc(-c3ccccn3)nc12. The second-order valence-electron chi connectivity index (χ2n) is 6.10. The van der Waals surface area contributed by atoms with E-state index in [1.807, 2.05) is 48.7 Å². The van der Waals surface area contributed by atoms with Crippen molar-refractivity contribution in [1.82, 2.24) is 15.3 Å². The maximum atomic E-state index is 12.9. The molecule has 134 valence electrons. The Balaban J connectivity index is 1.82. The van der Waals surface area contributed by atoms with Crippen molar-refractivity contribution in [3.8, 4) is 11.4 Å². The van der Waals surface area contributed by atoms with Gasteiger partial charge in [-0.15, -0.1) is 11.3 Å². The highest BCUT2D eigenvalue weighted by Crippen LogP contribution is 2.29. The number of amides is 1. The van der Waals surface area contributed by atoms with Crippen molar-refractivity contribution >= 4 is 39.7 Å². The number of carbonyl (C=O) groups is 1. The molecule has 0 saturated carbocycles. The van der Waals surface area contributed by atoms with Gasteiger partial charge in [0, 0.05) is 21.5 Å². The number of nitrogens with one attached hydrogen (secondary N) is 1. The average Bonchev–Trinajstić information content (AvgIpc) is 3.22. The molecule has 1 N–H and O–H groups in total. The zero-order valence-electron chi connectivity index (χ0n) is 14.6. The Kier molecular flexibility index (Phi) is 4.88. The molecule has 0 aliphatic rings. The van der Waals surface area contributed by atoms with E-state index in [-0.39, 0.29) is 5.91 Å². The summed E-state index contributed by atoms with van der Waals surface area (Å²) in [7, 11) is 0. The van der Waals surface area contributed by atoms with Crippen LogP contribution in [-0.2, 0) is 6.54 Å². The summed E-state index contributed by atoms with van der Waals surface area (Å²) >= 11 is 7.91. The van der Waals surface area contributed by atoms with Gasteiger partial charge in [-0.2, -0.15) is 0 Å². The predicted octanol–water partition coefficient (Wildman–Crippen LogP) is 5.25. The highest BCUT2D eigenvalue weighted by Gasteiger charge is 2.16. The highest BCUT2D eigenvalue weighted by molar-refractivity contribution is 7.09. The molecule has 3 aromatic heterocycles. The predicted molar refractivity (Wildman–Crippen MR) is 110 cm³/mol. The first-order valence-electron chi connectivity index (χ1n) is 8.45. The smallest absolute Gasteiger partial charge is 0.252 e. The third-order valence-corrected chi connectivity index (χ3v) is 5.63. The maximum absolute atomic E-state index is 12.9. The zero-order valence-corrected chi connectivity index (χ0v) is 16.1. The lowest BCUT2D eigenvalue weighted by molar-refractivity contribution is 0.0953. The summed E-state index contributed by atoms with van der Waals surface area (Å²) in [6, 6.07) is 15.0. The number of aryl methyl sites for hydroxylation is 1. The normalized spacial score (nSPS) is 10.9. The number of hydrogen-bond donors (Lipinski definition) is 1. The van der Waals surface area contributed by atoms with Crippen molar-refractivity contribution in [2.45, 2.75) is 13.5 Å². The van der Waals surface area contributed by atoms with Crippen LogP contribution < -0.4 is 5.32 Å². The Morgan fingerprint density at radius 1 is 1.15 bits per heavy atom. The van der Waals surface area contributed by atoms with E-state index in [2.05, 4.69) is 10.3 Å². The van der Waals surface area contributed by atoms with E-state index in [0.717, 1.165) is 15.8 Å². The zero-order chi connectivity index (χ0) is 18.8. The fourth-order valence-corrected chi connectivity index (χ4v) is 3.71. The minimum Gasteiger partial charge on any atom is -0.347 e. The van der Waals surface area contributed by atoms with Gasteiger partial charge in [0.1, 0.15) is 0 Å². The lowest BCUT2D eigenvalue weighted by Crippen LogP contribution is -2.23. The molecule has 0 atom stereocenters. The van der Waals surface area contributed by atoms with E-state index in [4.69, 9.17) is 16.6 Å². The first kappa shape index (κ1) is 17.6. The Hall–Kier alpha value is -2.76. The summed E-state index contributed by atoms with van der Waals surface area (Å²) in [5, 5.41) is 6.39. The molecule has 4 rings (SSSR count). The van der Waals surface area contributed by atoms with Crippen LogP contribution in [0.15, 0.2) is 60.1 Å². The van der Waals surface area contributed by atoms with Crippen molar-refractivity contribution in [3.05, 3.63) is 81.1 Å². The number of nitrogens with zero attached hydrogens (tertiary/aromatic N) is 2. The summed E-state index contributed by atoms with van der Waals surface area (Å²) in [6.07, 6.45) is 1.71. The summed E-state index contributed by atoms with van der Waals surface area (Å²) in [5.74, 6) is -0.144. The van der Waals surface area contributed by atoms with Crippen LogP contribution >= 0.6 is 22.9 Å². The quantitative estimate of drug-likeness (QED) is 0.515. The molecule has 6 heteroatoms. The van der Waals surface area contributed by atoms with Gasteiger partial charge >= 0.3 is 0 Å². The van der Waals surface area contributed by atoms with Crippen molar-refractivity contribution in [2.75, 3.05) is 0 Å². The van der Waals surface area contributed by atoms with Gasteiger partial charge in [0.2, 0.25) is 0 Å². The van der Waals surface area contributed by atoms with Gasteiger partial charge < -0.3 is 5.32 Å². The third-order valence-electron chi connectivity index (χ3n) is 4.34. The number of fused-ring (bicyclic) bond motifs is 1. The van der Waals surface area contributed by atoms with Crippen LogP contribution in [0.4, 0.5) is 0 Å². The first-order valence-corrected chi connectivity index (χ1v) is 9.71. The van der Waals surface area contributed by atoms with Crippen LogP contribution in [0.3, 0.4) is 0 Å². The third kappa shape index (κ3) is 3.56. The summed E-state index contributed by atoms with van der Waals surface area (Å²) < 4.78 is 0.